The topological polar surface area (TPSA) is 59.8 Å². The molecule has 0 aliphatic heterocycles. The largest absolute Gasteiger partial charge is 0.325 e. The van der Waals surface area contributed by atoms with E-state index in [4.69, 9.17) is 0 Å². The van der Waals surface area contributed by atoms with Crippen LogP contribution in [0.25, 0.3) is 17.1 Å². The Kier molecular flexibility index (Phi) is 6.84. The summed E-state index contributed by atoms with van der Waals surface area (Å²) in [5.41, 5.74) is 2.69. The van der Waals surface area contributed by atoms with E-state index < -0.39 is 0 Å². The highest BCUT2D eigenvalue weighted by molar-refractivity contribution is 9.10. The zero-order valence-corrected chi connectivity index (χ0v) is 19.3. The third kappa shape index (κ3) is 5.06. The maximum absolute atomic E-state index is 13.0. The van der Waals surface area contributed by atoms with Crippen molar-refractivity contribution in [2.75, 3.05) is 5.32 Å². The standard InChI is InChI=1S/C24H21BrN4OS/c1-2-21(23(30)26-19-15-13-18(25)14-16-19)31-24-28-27-22(17-9-5-3-6-10-17)29(24)20-11-7-4-8-12-20/h3-16,21H,2H2,1H3,(H,26,30). The van der Waals surface area contributed by atoms with Crippen LogP contribution in [0.3, 0.4) is 0 Å². The minimum absolute atomic E-state index is 0.0568. The van der Waals surface area contributed by atoms with Crippen LogP contribution in [-0.4, -0.2) is 25.9 Å². The third-order valence-electron chi connectivity index (χ3n) is 4.70. The van der Waals surface area contributed by atoms with Crippen molar-refractivity contribution in [2.45, 2.75) is 23.8 Å². The molecule has 7 heteroatoms. The van der Waals surface area contributed by atoms with Gasteiger partial charge in [0.1, 0.15) is 0 Å². The number of carbonyl (C=O) groups is 1. The van der Waals surface area contributed by atoms with Crippen LogP contribution in [-0.2, 0) is 4.79 Å². The number of benzene rings is 3. The van der Waals surface area contributed by atoms with Crippen LogP contribution >= 0.6 is 27.7 Å². The first-order valence-corrected chi connectivity index (χ1v) is 11.6. The van der Waals surface area contributed by atoms with E-state index >= 15 is 0 Å². The molecule has 0 saturated carbocycles. The average molecular weight is 493 g/mol. The number of aromatic nitrogens is 3. The highest BCUT2D eigenvalue weighted by atomic mass is 79.9. The van der Waals surface area contributed by atoms with Gasteiger partial charge in [0, 0.05) is 21.4 Å². The van der Waals surface area contributed by atoms with Gasteiger partial charge in [-0.15, -0.1) is 10.2 Å². The summed E-state index contributed by atoms with van der Waals surface area (Å²) in [5, 5.41) is 12.3. The molecule has 4 rings (SSSR count). The summed E-state index contributed by atoms with van der Waals surface area (Å²) in [6.07, 6.45) is 0.662. The first kappa shape index (κ1) is 21.3. The number of rotatable bonds is 7. The van der Waals surface area contributed by atoms with Crippen LogP contribution in [0.2, 0.25) is 0 Å². The van der Waals surface area contributed by atoms with E-state index in [2.05, 4.69) is 31.4 Å². The highest BCUT2D eigenvalue weighted by Gasteiger charge is 2.24. The molecule has 0 radical (unpaired) electrons. The van der Waals surface area contributed by atoms with Crippen molar-refractivity contribution >= 4 is 39.3 Å². The van der Waals surface area contributed by atoms with Crippen LogP contribution in [0.15, 0.2) is 94.6 Å². The minimum atomic E-state index is -0.307. The van der Waals surface area contributed by atoms with Crippen LogP contribution < -0.4 is 5.32 Å². The normalized spacial score (nSPS) is 11.8. The van der Waals surface area contributed by atoms with Gasteiger partial charge in [-0.25, -0.2) is 0 Å². The lowest BCUT2D eigenvalue weighted by atomic mass is 10.2. The quantitative estimate of drug-likeness (QED) is 0.311. The Morgan fingerprint density at radius 3 is 2.26 bits per heavy atom. The lowest BCUT2D eigenvalue weighted by molar-refractivity contribution is -0.115. The molecule has 1 atom stereocenters. The van der Waals surface area contributed by atoms with Gasteiger partial charge < -0.3 is 5.32 Å². The number of nitrogens with zero attached hydrogens (tertiary/aromatic N) is 3. The number of anilines is 1. The summed E-state index contributed by atoms with van der Waals surface area (Å²) in [7, 11) is 0. The molecule has 4 aromatic rings. The Bertz CT molecular complexity index is 1150. The molecule has 31 heavy (non-hydrogen) atoms. The van der Waals surface area contributed by atoms with Crippen molar-refractivity contribution < 1.29 is 4.79 Å². The van der Waals surface area contributed by atoms with Gasteiger partial charge in [-0.05, 0) is 42.8 Å². The van der Waals surface area contributed by atoms with Crippen LogP contribution in [0, 0.1) is 0 Å². The number of nitrogens with one attached hydrogen (secondary N) is 1. The maximum atomic E-state index is 13.0. The van der Waals surface area contributed by atoms with Crippen molar-refractivity contribution in [3.8, 4) is 17.1 Å². The second-order valence-corrected chi connectivity index (χ2v) is 8.94. The molecule has 1 aromatic heterocycles. The van der Waals surface area contributed by atoms with E-state index in [0.29, 0.717) is 11.6 Å². The molecule has 1 amide bonds. The van der Waals surface area contributed by atoms with Gasteiger partial charge in [0.2, 0.25) is 5.91 Å². The van der Waals surface area contributed by atoms with E-state index in [1.165, 1.54) is 11.8 Å². The summed E-state index contributed by atoms with van der Waals surface area (Å²) in [6, 6.07) is 27.5. The van der Waals surface area contributed by atoms with E-state index in [1.54, 1.807) is 0 Å². The predicted octanol–water partition coefficient (Wildman–Crippen LogP) is 6.21. The molecule has 0 saturated heterocycles. The van der Waals surface area contributed by atoms with E-state index in [0.717, 1.165) is 27.2 Å². The number of amides is 1. The van der Waals surface area contributed by atoms with Crippen LogP contribution in [0.1, 0.15) is 13.3 Å². The fourth-order valence-electron chi connectivity index (χ4n) is 3.14. The summed E-state index contributed by atoms with van der Waals surface area (Å²) in [5.74, 6) is 0.691. The van der Waals surface area contributed by atoms with Gasteiger partial charge in [0.25, 0.3) is 0 Å². The van der Waals surface area contributed by atoms with Crippen molar-refractivity contribution in [1.82, 2.24) is 14.8 Å². The first-order chi connectivity index (χ1) is 15.2. The van der Waals surface area contributed by atoms with Gasteiger partial charge in [-0.2, -0.15) is 0 Å². The number of para-hydroxylation sites is 1. The number of thioether (sulfide) groups is 1. The number of hydrogen-bond donors (Lipinski definition) is 1. The van der Waals surface area contributed by atoms with Gasteiger partial charge in [-0.3, -0.25) is 9.36 Å². The molecule has 1 heterocycles. The minimum Gasteiger partial charge on any atom is -0.325 e. The molecule has 0 fully saturated rings. The molecule has 0 spiro atoms. The van der Waals surface area contributed by atoms with Crippen molar-refractivity contribution in [3.63, 3.8) is 0 Å². The number of carbonyl (C=O) groups excluding carboxylic acids is 1. The zero-order valence-electron chi connectivity index (χ0n) is 16.9. The average Bonchev–Trinajstić information content (AvgIpc) is 3.23. The molecule has 3 aromatic carbocycles. The summed E-state index contributed by atoms with van der Waals surface area (Å²) in [6.45, 7) is 2.00. The van der Waals surface area contributed by atoms with Crippen molar-refractivity contribution in [3.05, 3.63) is 89.4 Å². The van der Waals surface area contributed by atoms with Crippen molar-refractivity contribution in [1.29, 1.82) is 0 Å². The number of hydrogen-bond acceptors (Lipinski definition) is 4. The first-order valence-electron chi connectivity index (χ1n) is 9.95. The molecule has 0 aliphatic rings. The lowest BCUT2D eigenvalue weighted by Gasteiger charge is -2.16. The smallest absolute Gasteiger partial charge is 0.237 e. The monoisotopic (exact) mass is 492 g/mol. The third-order valence-corrected chi connectivity index (χ3v) is 6.54. The highest BCUT2D eigenvalue weighted by Crippen LogP contribution is 2.31. The molecular formula is C24H21BrN4OS. The molecule has 156 valence electrons. The van der Waals surface area contributed by atoms with E-state index in [-0.39, 0.29) is 11.2 Å². The van der Waals surface area contributed by atoms with Gasteiger partial charge >= 0.3 is 0 Å². The Morgan fingerprint density at radius 1 is 0.968 bits per heavy atom. The maximum Gasteiger partial charge on any atom is 0.237 e. The Balaban J connectivity index is 1.64. The summed E-state index contributed by atoms with van der Waals surface area (Å²) < 4.78 is 2.98. The predicted molar refractivity (Wildman–Crippen MR) is 130 cm³/mol. The molecule has 0 aliphatic carbocycles. The summed E-state index contributed by atoms with van der Waals surface area (Å²) in [4.78, 5) is 13.0. The lowest BCUT2D eigenvalue weighted by Crippen LogP contribution is -2.25. The van der Waals surface area contributed by atoms with Crippen LogP contribution in [0.5, 0.6) is 0 Å². The Morgan fingerprint density at radius 2 is 1.61 bits per heavy atom. The van der Waals surface area contributed by atoms with E-state index in [1.807, 2.05) is 96.4 Å². The fraction of sp³-hybridized carbons (Fsp3) is 0.125. The second-order valence-electron chi connectivity index (χ2n) is 6.85. The molecule has 1 N–H and O–H groups in total. The SMILES string of the molecule is CCC(Sc1nnc(-c2ccccc2)n1-c1ccccc1)C(=O)Nc1ccc(Br)cc1. The Hall–Kier alpha value is -2.90. The second kappa shape index (κ2) is 9.94. The Labute approximate surface area is 194 Å². The van der Waals surface area contributed by atoms with E-state index in [9.17, 15) is 4.79 Å². The molecular weight excluding hydrogens is 472 g/mol. The van der Waals surface area contributed by atoms with Gasteiger partial charge in [-0.1, -0.05) is 83.1 Å². The number of halogens is 1. The van der Waals surface area contributed by atoms with Gasteiger partial charge in [0.05, 0.1) is 5.25 Å². The molecule has 0 bridgehead atoms. The molecule has 1 unspecified atom stereocenters. The summed E-state index contributed by atoms with van der Waals surface area (Å²) >= 11 is 4.84. The zero-order chi connectivity index (χ0) is 21.6. The fourth-order valence-corrected chi connectivity index (χ4v) is 4.37. The molecule has 5 nitrogen and oxygen atoms in total. The van der Waals surface area contributed by atoms with Gasteiger partial charge in [0.15, 0.2) is 11.0 Å². The van der Waals surface area contributed by atoms with Crippen molar-refractivity contribution in [2.24, 2.45) is 0 Å². The van der Waals surface area contributed by atoms with Crippen LogP contribution in [0.4, 0.5) is 5.69 Å².